The molecule has 5 rings (SSSR count). The lowest BCUT2D eigenvalue weighted by molar-refractivity contribution is 0.0548. The van der Waals surface area contributed by atoms with E-state index in [2.05, 4.69) is 67.2 Å². The summed E-state index contributed by atoms with van der Waals surface area (Å²) in [7, 11) is 2.14. The number of hydrogen-bond acceptors (Lipinski definition) is 3. The number of pyridine rings is 1. The molecule has 0 fully saturated rings. The number of hydrogen-bond donors (Lipinski definition) is 0. The number of fused-ring (bicyclic) bond motifs is 8. The lowest BCUT2D eigenvalue weighted by atomic mass is 9.76. The first kappa shape index (κ1) is 13.8. The molecule has 3 heterocycles. The Morgan fingerprint density at radius 3 is 2.92 bits per heavy atom. The van der Waals surface area contributed by atoms with E-state index in [9.17, 15) is 0 Å². The van der Waals surface area contributed by atoms with E-state index in [-0.39, 0.29) is 5.72 Å². The second-order valence-electron chi connectivity index (χ2n) is 7.24. The zero-order chi connectivity index (χ0) is 16.5. The first-order valence-electron chi connectivity index (χ1n) is 8.47. The van der Waals surface area contributed by atoms with E-state index >= 15 is 0 Å². The van der Waals surface area contributed by atoms with E-state index in [0.29, 0.717) is 5.92 Å². The minimum atomic E-state index is -0.322. The second kappa shape index (κ2) is 4.50. The van der Waals surface area contributed by atoms with Gasteiger partial charge in [-0.25, -0.2) is 0 Å². The summed E-state index contributed by atoms with van der Waals surface area (Å²) in [5, 5.41) is 2.29. The number of anilines is 1. The molecule has 120 valence electrons. The summed E-state index contributed by atoms with van der Waals surface area (Å²) in [6.07, 6.45) is 4.73. The van der Waals surface area contributed by atoms with Gasteiger partial charge < -0.3 is 9.64 Å². The molecule has 0 aliphatic carbocycles. The highest BCUT2D eigenvalue weighted by molar-refractivity contribution is 5.90. The fourth-order valence-corrected chi connectivity index (χ4v) is 4.29. The Morgan fingerprint density at radius 1 is 1.17 bits per heavy atom. The van der Waals surface area contributed by atoms with Crippen molar-refractivity contribution in [2.45, 2.75) is 31.9 Å². The van der Waals surface area contributed by atoms with Crippen LogP contribution < -0.4 is 9.64 Å². The molecule has 0 saturated heterocycles. The number of benzene rings is 2. The van der Waals surface area contributed by atoms with Gasteiger partial charge in [-0.3, -0.25) is 4.98 Å². The molecule has 1 aromatic heterocycles. The minimum absolute atomic E-state index is 0.322. The summed E-state index contributed by atoms with van der Waals surface area (Å²) in [6, 6.07) is 13.2. The van der Waals surface area contributed by atoms with Crippen molar-refractivity contribution in [1.82, 2.24) is 4.98 Å². The largest absolute Gasteiger partial charge is 0.467 e. The van der Waals surface area contributed by atoms with Crippen molar-refractivity contribution >= 4 is 16.5 Å². The molecule has 2 bridgehead atoms. The van der Waals surface area contributed by atoms with E-state index in [4.69, 9.17) is 4.74 Å². The van der Waals surface area contributed by atoms with Crippen molar-refractivity contribution in [1.29, 1.82) is 0 Å². The minimum Gasteiger partial charge on any atom is -0.467 e. The Bertz CT molecular complexity index is 981. The molecule has 0 N–H and O–H groups in total. The van der Waals surface area contributed by atoms with Gasteiger partial charge in [0.1, 0.15) is 5.75 Å². The monoisotopic (exact) mass is 316 g/mol. The Kier molecular flexibility index (Phi) is 2.60. The highest BCUT2D eigenvalue weighted by Crippen LogP contribution is 2.54. The molecule has 0 spiro atoms. The van der Waals surface area contributed by atoms with Crippen molar-refractivity contribution in [2.75, 3.05) is 11.9 Å². The molecule has 2 aromatic carbocycles. The van der Waals surface area contributed by atoms with Crippen LogP contribution in [-0.2, 0) is 0 Å². The zero-order valence-electron chi connectivity index (χ0n) is 14.2. The van der Waals surface area contributed by atoms with E-state index in [0.717, 1.165) is 22.9 Å². The molecular formula is C21H20N2O. The third kappa shape index (κ3) is 1.70. The van der Waals surface area contributed by atoms with Gasteiger partial charge in [-0.05, 0) is 31.5 Å². The summed E-state index contributed by atoms with van der Waals surface area (Å²) >= 11 is 0. The molecule has 2 aliphatic rings. The first-order chi connectivity index (χ1) is 11.6. The van der Waals surface area contributed by atoms with Gasteiger partial charge in [0.25, 0.3) is 0 Å². The predicted molar refractivity (Wildman–Crippen MR) is 96.8 cm³/mol. The predicted octanol–water partition coefficient (Wildman–Crippen LogP) is 4.62. The van der Waals surface area contributed by atoms with Crippen LogP contribution in [0.25, 0.3) is 10.8 Å². The first-order valence-corrected chi connectivity index (χ1v) is 8.47. The molecule has 3 heteroatoms. The normalized spacial score (nSPS) is 24.3. The molecule has 24 heavy (non-hydrogen) atoms. The third-order valence-electron chi connectivity index (χ3n) is 5.71. The molecular weight excluding hydrogens is 296 g/mol. The highest BCUT2D eigenvalue weighted by Gasteiger charge is 2.46. The number of aromatic nitrogens is 1. The summed E-state index contributed by atoms with van der Waals surface area (Å²) < 4.78 is 6.60. The number of aryl methyl sites for hydroxylation is 1. The summed E-state index contributed by atoms with van der Waals surface area (Å²) in [4.78, 5) is 6.54. The van der Waals surface area contributed by atoms with Crippen LogP contribution >= 0.6 is 0 Å². The lowest BCUT2D eigenvalue weighted by Gasteiger charge is -2.51. The van der Waals surface area contributed by atoms with Crippen molar-refractivity contribution in [2.24, 2.45) is 0 Å². The van der Waals surface area contributed by atoms with Crippen LogP contribution in [0.3, 0.4) is 0 Å². The SMILES string of the molecule is Cc1ccc2c(c1)C1CC(C)(Oc3c1ccc1cnccc31)N2C. The van der Waals surface area contributed by atoms with E-state index < -0.39 is 0 Å². The maximum atomic E-state index is 6.60. The van der Waals surface area contributed by atoms with Crippen LogP contribution in [0.4, 0.5) is 5.69 Å². The van der Waals surface area contributed by atoms with Gasteiger partial charge in [-0.15, -0.1) is 0 Å². The standard InChI is InChI=1S/C21H20N2O/c1-13-4-7-19-17(10-13)18-11-21(2,23(19)3)24-20-15-8-9-22-12-14(15)5-6-16(18)20/h4-10,12,18H,11H2,1-3H3. The fourth-order valence-electron chi connectivity index (χ4n) is 4.29. The van der Waals surface area contributed by atoms with Crippen LogP contribution in [0.15, 0.2) is 48.8 Å². The molecule has 3 aromatic rings. The van der Waals surface area contributed by atoms with Crippen LogP contribution in [0.5, 0.6) is 5.75 Å². The number of rotatable bonds is 0. The van der Waals surface area contributed by atoms with Gasteiger partial charge in [0.05, 0.1) is 0 Å². The van der Waals surface area contributed by atoms with E-state index in [1.807, 2.05) is 12.4 Å². The zero-order valence-corrected chi connectivity index (χ0v) is 14.2. The highest BCUT2D eigenvalue weighted by atomic mass is 16.5. The molecule has 0 radical (unpaired) electrons. The summed E-state index contributed by atoms with van der Waals surface area (Å²) in [5.41, 5.74) is 4.97. The van der Waals surface area contributed by atoms with E-state index in [1.165, 1.54) is 22.4 Å². The quantitative estimate of drug-likeness (QED) is 0.605. The van der Waals surface area contributed by atoms with Gasteiger partial charge in [0, 0.05) is 53.8 Å². The molecule has 3 nitrogen and oxygen atoms in total. The fraction of sp³-hybridized carbons (Fsp3) is 0.286. The number of ether oxygens (including phenoxy) is 1. The number of nitrogens with zero attached hydrogens (tertiary/aromatic N) is 2. The lowest BCUT2D eigenvalue weighted by Crippen LogP contribution is -2.55. The Hall–Kier alpha value is -2.55. The molecule has 2 atom stereocenters. The Morgan fingerprint density at radius 2 is 2.04 bits per heavy atom. The smallest absolute Gasteiger partial charge is 0.180 e. The summed E-state index contributed by atoms with van der Waals surface area (Å²) in [5.74, 6) is 1.40. The van der Waals surface area contributed by atoms with Gasteiger partial charge in [-0.2, -0.15) is 0 Å². The molecule has 0 amide bonds. The topological polar surface area (TPSA) is 25.4 Å². The average Bonchev–Trinajstić information content (AvgIpc) is 2.59. The average molecular weight is 316 g/mol. The molecule has 2 unspecified atom stereocenters. The van der Waals surface area contributed by atoms with Crippen LogP contribution in [0.1, 0.15) is 36.0 Å². The van der Waals surface area contributed by atoms with Crippen molar-refractivity contribution < 1.29 is 4.74 Å². The van der Waals surface area contributed by atoms with Crippen LogP contribution in [-0.4, -0.2) is 17.8 Å². The van der Waals surface area contributed by atoms with E-state index in [1.54, 1.807) is 0 Å². The molecule has 2 aliphatic heterocycles. The van der Waals surface area contributed by atoms with Gasteiger partial charge >= 0.3 is 0 Å². The van der Waals surface area contributed by atoms with Crippen molar-refractivity contribution in [3.63, 3.8) is 0 Å². The Balaban J connectivity index is 1.84. The van der Waals surface area contributed by atoms with Crippen molar-refractivity contribution in [3.05, 3.63) is 65.5 Å². The second-order valence-corrected chi connectivity index (χ2v) is 7.24. The molecule has 0 saturated carbocycles. The van der Waals surface area contributed by atoms with Crippen LogP contribution in [0, 0.1) is 6.92 Å². The van der Waals surface area contributed by atoms with Crippen molar-refractivity contribution in [3.8, 4) is 5.75 Å². The van der Waals surface area contributed by atoms with Gasteiger partial charge in [0.2, 0.25) is 0 Å². The summed E-state index contributed by atoms with van der Waals surface area (Å²) in [6.45, 7) is 4.37. The maximum absolute atomic E-state index is 6.60. The van der Waals surface area contributed by atoms with Gasteiger partial charge in [-0.1, -0.05) is 29.8 Å². The van der Waals surface area contributed by atoms with Crippen LogP contribution in [0.2, 0.25) is 0 Å². The Labute approximate surface area is 141 Å². The third-order valence-corrected chi connectivity index (χ3v) is 5.71. The van der Waals surface area contributed by atoms with Gasteiger partial charge in [0.15, 0.2) is 5.72 Å². The maximum Gasteiger partial charge on any atom is 0.180 e.